The monoisotopic (exact) mass is 378 g/mol. The SMILES string of the molecule is Nc1cccc(S(=O)(=O)N2CCCCc3ccc(-c4ccccc4)cc32)c1. The summed E-state index contributed by atoms with van der Waals surface area (Å²) in [5.41, 5.74) is 10.2. The van der Waals surface area contributed by atoms with Crippen LogP contribution >= 0.6 is 0 Å². The van der Waals surface area contributed by atoms with Crippen LogP contribution in [0.5, 0.6) is 0 Å². The second-order valence-corrected chi connectivity index (χ2v) is 8.68. The molecule has 4 rings (SSSR count). The van der Waals surface area contributed by atoms with Gasteiger partial charge in [-0.05, 0) is 60.2 Å². The molecule has 0 radical (unpaired) electrons. The van der Waals surface area contributed by atoms with E-state index in [0.29, 0.717) is 12.2 Å². The Bertz CT molecular complexity index is 1060. The molecule has 0 spiro atoms. The molecule has 3 aromatic rings. The number of nitrogen functional groups attached to an aromatic ring is 1. The average molecular weight is 378 g/mol. The van der Waals surface area contributed by atoms with Crippen molar-refractivity contribution in [2.75, 3.05) is 16.6 Å². The zero-order valence-electron chi connectivity index (χ0n) is 15.0. The molecule has 0 atom stereocenters. The summed E-state index contributed by atoms with van der Waals surface area (Å²) in [6.45, 7) is 0.475. The standard InChI is InChI=1S/C22H22N2O2S/c23-20-10-6-11-21(16-20)27(25,26)24-14-5-4-9-18-12-13-19(15-22(18)24)17-7-2-1-3-8-17/h1-3,6-8,10-13,15-16H,4-5,9,14,23H2. The Kier molecular flexibility index (Phi) is 4.62. The van der Waals surface area contributed by atoms with Crippen molar-refractivity contribution in [3.05, 3.63) is 78.4 Å². The number of aryl methyl sites for hydroxylation is 1. The Morgan fingerprint density at radius 2 is 1.63 bits per heavy atom. The lowest BCUT2D eigenvalue weighted by molar-refractivity contribution is 0.589. The van der Waals surface area contributed by atoms with E-state index in [1.165, 1.54) is 6.07 Å². The molecule has 4 nitrogen and oxygen atoms in total. The van der Waals surface area contributed by atoms with Gasteiger partial charge < -0.3 is 5.73 Å². The fourth-order valence-corrected chi connectivity index (χ4v) is 5.15. The van der Waals surface area contributed by atoms with E-state index in [-0.39, 0.29) is 4.90 Å². The second kappa shape index (κ2) is 7.08. The average Bonchev–Trinajstić information content (AvgIpc) is 2.91. The molecule has 0 aliphatic carbocycles. The lowest BCUT2D eigenvalue weighted by Crippen LogP contribution is -2.32. The highest BCUT2D eigenvalue weighted by atomic mass is 32.2. The van der Waals surface area contributed by atoms with Crippen LogP contribution in [-0.4, -0.2) is 15.0 Å². The fraction of sp³-hybridized carbons (Fsp3) is 0.182. The minimum atomic E-state index is -3.67. The molecule has 5 heteroatoms. The topological polar surface area (TPSA) is 63.4 Å². The molecular formula is C22H22N2O2S. The van der Waals surface area contributed by atoms with E-state index in [4.69, 9.17) is 5.73 Å². The molecule has 138 valence electrons. The van der Waals surface area contributed by atoms with Gasteiger partial charge >= 0.3 is 0 Å². The molecule has 1 aliphatic heterocycles. The van der Waals surface area contributed by atoms with Crippen LogP contribution in [0.4, 0.5) is 11.4 Å². The minimum Gasteiger partial charge on any atom is -0.399 e. The first-order valence-electron chi connectivity index (χ1n) is 9.12. The molecule has 1 aliphatic rings. The normalized spacial score (nSPS) is 14.4. The Balaban J connectivity index is 1.84. The highest BCUT2D eigenvalue weighted by Gasteiger charge is 2.28. The minimum absolute atomic E-state index is 0.237. The molecular weight excluding hydrogens is 356 g/mol. The maximum absolute atomic E-state index is 13.4. The van der Waals surface area contributed by atoms with Crippen molar-refractivity contribution in [3.8, 4) is 11.1 Å². The molecule has 0 fully saturated rings. The van der Waals surface area contributed by atoms with Crippen molar-refractivity contribution in [2.24, 2.45) is 0 Å². The van der Waals surface area contributed by atoms with Crippen LogP contribution in [0.15, 0.2) is 77.7 Å². The Morgan fingerprint density at radius 3 is 2.41 bits per heavy atom. The van der Waals surface area contributed by atoms with Gasteiger partial charge in [-0.25, -0.2) is 8.42 Å². The van der Waals surface area contributed by atoms with Crippen molar-refractivity contribution in [3.63, 3.8) is 0 Å². The third-order valence-electron chi connectivity index (χ3n) is 4.96. The molecule has 2 N–H and O–H groups in total. The number of benzene rings is 3. The second-order valence-electron chi connectivity index (χ2n) is 6.82. The maximum atomic E-state index is 13.4. The first-order valence-corrected chi connectivity index (χ1v) is 10.6. The van der Waals surface area contributed by atoms with Crippen molar-refractivity contribution in [1.82, 2.24) is 0 Å². The summed E-state index contributed by atoms with van der Waals surface area (Å²) < 4.78 is 28.3. The first-order chi connectivity index (χ1) is 13.1. The predicted octanol–water partition coefficient (Wildman–Crippen LogP) is 4.47. The third kappa shape index (κ3) is 3.43. The number of nitrogens with two attached hydrogens (primary N) is 1. The third-order valence-corrected chi connectivity index (χ3v) is 6.77. The highest BCUT2D eigenvalue weighted by Crippen LogP contribution is 2.35. The molecule has 0 aromatic heterocycles. The molecule has 0 unspecified atom stereocenters. The summed E-state index contributed by atoms with van der Waals surface area (Å²) in [6.07, 6.45) is 2.69. The summed E-state index contributed by atoms with van der Waals surface area (Å²) in [7, 11) is -3.67. The fourth-order valence-electron chi connectivity index (χ4n) is 3.56. The van der Waals surface area contributed by atoms with E-state index < -0.39 is 10.0 Å². The van der Waals surface area contributed by atoms with Gasteiger partial charge in [-0.1, -0.05) is 48.5 Å². The smallest absolute Gasteiger partial charge is 0.264 e. The number of hydrogen-bond donors (Lipinski definition) is 1. The molecule has 0 amide bonds. The van der Waals surface area contributed by atoms with Crippen molar-refractivity contribution < 1.29 is 8.42 Å². The summed E-state index contributed by atoms with van der Waals surface area (Å²) >= 11 is 0. The predicted molar refractivity (Wildman–Crippen MR) is 110 cm³/mol. The van der Waals surface area contributed by atoms with E-state index in [9.17, 15) is 8.42 Å². The van der Waals surface area contributed by atoms with Crippen LogP contribution in [-0.2, 0) is 16.4 Å². The number of anilines is 2. The zero-order valence-corrected chi connectivity index (χ0v) is 15.8. The first kappa shape index (κ1) is 17.6. The number of nitrogens with zero attached hydrogens (tertiary/aromatic N) is 1. The van der Waals surface area contributed by atoms with Crippen LogP contribution in [0.1, 0.15) is 18.4 Å². The van der Waals surface area contributed by atoms with E-state index >= 15 is 0 Å². The Hall–Kier alpha value is -2.79. The summed E-state index contributed by atoms with van der Waals surface area (Å²) in [6, 6.07) is 22.7. The van der Waals surface area contributed by atoms with Gasteiger partial charge in [-0.2, -0.15) is 0 Å². The molecule has 0 bridgehead atoms. The van der Waals surface area contributed by atoms with E-state index in [1.54, 1.807) is 22.5 Å². The number of hydrogen-bond acceptors (Lipinski definition) is 3. The largest absolute Gasteiger partial charge is 0.399 e. The van der Waals surface area contributed by atoms with E-state index in [2.05, 4.69) is 12.1 Å². The van der Waals surface area contributed by atoms with Gasteiger partial charge in [0.15, 0.2) is 0 Å². The van der Waals surface area contributed by atoms with Crippen LogP contribution in [0.25, 0.3) is 11.1 Å². The summed E-state index contributed by atoms with van der Waals surface area (Å²) in [4.78, 5) is 0.237. The van der Waals surface area contributed by atoms with Crippen LogP contribution in [0, 0.1) is 0 Å². The molecule has 0 saturated carbocycles. The van der Waals surface area contributed by atoms with Crippen molar-refractivity contribution in [1.29, 1.82) is 0 Å². The van der Waals surface area contributed by atoms with Crippen LogP contribution < -0.4 is 10.0 Å². The molecule has 0 saturated heterocycles. The maximum Gasteiger partial charge on any atom is 0.264 e. The van der Waals surface area contributed by atoms with Gasteiger partial charge in [-0.3, -0.25) is 4.31 Å². The Labute approximate surface area is 160 Å². The number of rotatable bonds is 3. The highest BCUT2D eigenvalue weighted by molar-refractivity contribution is 7.92. The summed E-state index contributed by atoms with van der Waals surface area (Å²) in [5, 5.41) is 0. The van der Waals surface area contributed by atoms with E-state index in [0.717, 1.165) is 41.6 Å². The Morgan fingerprint density at radius 1 is 0.815 bits per heavy atom. The zero-order chi connectivity index (χ0) is 18.9. The van der Waals surface area contributed by atoms with Gasteiger partial charge in [0.25, 0.3) is 10.0 Å². The van der Waals surface area contributed by atoms with Gasteiger partial charge in [0.1, 0.15) is 0 Å². The molecule has 1 heterocycles. The van der Waals surface area contributed by atoms with E-state index in [1.807, 2.05) is 36.4 Å². The van der Waals surface area contributed by atoms with Gasteiger partial charge in [-0.15, -0.1) is 0 Å². The van der Waals surface area contributed by atoms with Gasteiger partial charge in [0.2, 0.25) is 0 Å². The van der Waals surface area contributed by atoms with Crippen molar-refractivity contribution >= 4 is 21.4 Å². The number of sulfonamides is 1. The van der Waals surface area contributed by atoms with Crippen LogP contribution in [0.2, 0.25) is 0 Å². The number of fused-ring (bicyclic) bond motifs is 1. The van der Waals surface area contributed by atoms with Gasteiger partial charge in [0.05, 0.1) is 10.6 Å². The van der Waals surface area contributed by atoms with Crippen LogP contribution in [0.3, 0.4) is 0 Å². The quantitative estimate of drug-likeness (QED) is 0.684. The van der Waals surface area contributed by atoms with Gasteiger partial charge in [0, 0.05) is 12.2 Å². The lowest BCUT2D eigenvalue weighted by atomic mass is 10.0. The van der Waals surface area contributed by atoms with Crippen molar-refractivity contribution in [2.45, 2.75) is 24.2 Å². The molecule has 3 aromatic carbocycles. The summed E-state index contributed by atoms with van der Waals surface area (Å²) in [5.74, 6) is 0. The molecule has 27 heavy (non-hydrogen) atoms. The lowest BCUT2D eigenvalue weighted by Gasteiger charge is -2.25.